The van der Waals surface area contributed by atoms with Crippen LogP contribution in [0.2, 0.25) is 0 Å². The zero-order valence-corrected chi connectivity index (χ0v) is 19.2. The van der Waals surface area contributed by atoms with Crippen molar-refractivity contribution in [3.63, 3.8) is 0 Å². The van der Waals surface area contributed by atoms with Gasteiger partial charge in [0.05, 0.1) is 29.1 Å². The van der Waals surface area contributed by atoms with E-state index in [0.29, 0.717) is 24.4 Å². The summed E-state index contributed by atoms with van der Waals surface area (Å²) in [6, 6.07) is 6.86. The molecule has 7 atom stereocenters. The van der Waals surface area contributed by atoms with E-state index in [0.717, 1.165) is 12.8 Å². The summed E-state index contributed by atoms with van der Waals surface area (Å²) in [6.07, 6.45) is 2.32. The van der Waals surface area contributed by atoms with Crippen molar-refractivity contribution >= 4 is 21.8 Å². The summed E-state index contributed by atoms with van der Waals surface area (Å²) in [7, 11) is -3.83. The molecule has 176 valence electrons. The number of fused-ring (bicyclic) bond motifs is 3. The van der Waals surface area contributed by atoms with Crippen LogP contribution in [0.5, 0.6) is 0 Å². The molecule has 1 saturated carbocycles. The summed E-state index contributed by atoms with van der Waals surface area (Å²) in [6.45, 7) is 2.76. The summed E-state index contributed by atoms with van der Waals surface area (Å²) < 4.78 is 23.4. The van der Waals surface area contributed by atoms with Crippen LogP contribution in [0.15, 0.2) is 29.2 Å². The lowest BCUT2D eigenvalue weighted by atomic mass is 10.1. The number of carbonyl (C=O) groups is 2. The van der Waals surface area contributed by atoms with E-state index in [2.05, 4.69) is 6.07 Å². The predicted octanol–water partition coefficient (Wildman–Crippen LogP) is -0.480. The van der Waals surface area contributed by atoms with Gasteiger partial charge in [-0.15, -0.1) is 0 Å². The fourth-order valence-electron chi connectivity index (χ4n) is 5.92. The van der Waals surface area contributed by atoms with Gasteiger partial charge in [-0.25, -0.2) is 13.6 Å². The molecule has 0 radical (unpaired) electrons. The van der Waals surface area contributed by atoms with Gasteiger partial charge in [-0.3, -0.25) is 14.5 Å². The number of hydrogen-bond donors (Lipinski definition) is 2. The van der Waals surface area contributed by atoms with Gasteiger partial charge in [0.2, 0.25) is 21.8 Å². The van der Waals surface area contributed by atoms with E-state index in [1.165, 1.54) is 12.1 Å². The van der Waals surface area contributed by atoms with Gasteiger partial charge in [0.1, 0.15) is 6.04 Å². The van der Waals surface area contributed by atoms with E-state index in [1.807, 2.05) is 11.8 Å². The second kappa shape index (κ2) is 7.77. The van der Waals surface area contributed by atoms with Crippen LogP contribution in [-0.2, 0) is 19.6 Å². The minimum absolute atomic E-state index is 0.0188. The van der Waals surface area contributed by atoms with Crippen LogP contribution in [-0.4, -0.2) is 78.2 Å². The number of piperazine rings is 1. The molecular formula is C22H28N6O4S. The highest BCUT2D eigenvalue weighted by atomic mass is 32.2. The van der Waals surface area contributed by atoms with Crippen molar-refractivity contribution in [3.8, 4) is 6.07 Å². The average molecular weight is 473 g/mol. The quantitative estimate of drug-likeness (QED) is 0.567. The van der Waals surface area contributed by atoms with E-state index < -0.39 is 22.1 Å². The van der Waals surface area contributed by atoms with Gasteiger partial charge in [0.15, 0.2) is 0 Å². The van der Waals surface area contributed by atoms with E-state index in [4.69, 9.17) is 10.9 Å². The molecule has 1 aromatic rings. The Kier molecular flexibility index (Phi) is 5.25. The van der Waals surface area contributed by atoms with Crippen LogP contribution in [0, 0.1) is 17.2 Å². The van der Waals surface area contributed by atoms with Gasteiger partial charge in [0.25, 0.3) is 0 Å². The molecule has 0 aromatic heterocycles. The molecule has 4 aliphatic rings. The van der Waals surface area contributed by atoms with Gasteiger partial charge in [-0.1, -0.05) is 12.1 Å². The Balaban J connectivity index is 1.25. The molecule has 3 heterocycles. The Labute approximate surface area is 193 Å². The van der Waals surface area contributed by atoms with E-state index in [9.17, 15) is 23.3 Å². The maximum absolute atomic E-state index is 13.2. The molecule has 1 aromatic carbocycles. The molecule has 4 fully saturated rings. The van der Waals surface area contributed by atoms with Crippen molar-refractivity contribution in [1.29, 1.82) is 5.26 Å². The van der Waals surface area contributed by atoms with Crippen molar-refractivity contribution in [3.05, 3.63) is 29.8 Å². The molecule has 5 rings (SSSR count). The first-order valence-corrected chi connectivity index (χ1v) is 12.8. The first kappa shape index (κ1) is 22.3. The van der Waals surface area contributed by atoms with Crippen LogP contribution in [0.1, 0.15) is 37.8 Å². The minimum atomic E-state index is -3.83. The van der Waals surface area contributed by atoms with Crippen molar-refractivity contribution in [2.75, 3.05) is 13.1 Å². The largest absolute Gasteiger partial charge is 0.330 e. The fourth-order valence-corrected chi connectivity index (χ4v) is 6.49. The molecular weight excluding hydrogens is 444 g/mol. The zero-order chi connectivity index (χ0) is 23.7. The highest BCUT2D eigenvalue weighted by Crippen LogP contribution is 2.48. The number of primary sulfonamides is 1. The first-order valence-electron chi connectivity index (χ1n) is 11.3. The molecule has 10 nitrogen and oxygen atoms in total. The molecule has 2 amide bonds. The van der Waals surface area contributed by atoms with E-state index >= 15 is 0 Å². The number of sulfonamides is 1. The van der Waals surface area contributed by atoms with E-state index in [1.54, 1.807) is 21.9 Å². The third kappa shape index (κ3) is 3.71. The Bertz CT molecular complexity index is 1150. The summed E-state index contributed by atoms with van der Waals surface area (Å²) >= 11 is 0. The average Bonchev–Trinajstić information content (AvgIpc) is 3.11. The van der Waals surface area contributed by atoms with Gasteiger partial charge in [-0.05, 0) is 49.8 Å². The third-order valence-corrected chi connectivity index (χ3v) is 8.57. The number of amides is 2. The Morgan fingerprint density at radius 1 is 1.30 bits per heavy atom. The van der Waals surface area contributed by atoms with E-state index in [-0.39, 0.29) is 47.4 Å². The maximum atomic E-state index is 13.2. The lowest BCUT2D eigenvalue weighted by Gasteiger charge is -2.38. The zero-order valence-electron chi connectivity index (χ0n) is 18.4. The van der Waals surface area contributed by atoms with Gasteiger partial charge < -0.3 is 15.5 Å². The normalized spacial score (nSPS) is 32.5. The first-order chi connectivity index (χ1) is 15.6. The standard InChI is InChI=1S/C22H28N6O4S/c1-12(13-3-2-4-17(6-13)33(25,31)32)27-16-8-20(22(27)30)26(10-16)11-18(24)21(29)28-15(9-23)5-14-7-19(14)28/h2-4,6,12,14-16,18-20H,5,7-8,10-11,24H2,1H3,(H2,25,31,32)/t12-,14+,15-,16+,18-,19?,20+/m0/s1. The third-order valence-electron chi connectivity index (χ3n) is 7.66. The predicted molar refractivity (Wildman–Crippen MR) is 118 cm³/mol. The van der Waals surface area contributed by atoms with Crippen molar-refractivity contribution in [2.45, 2.75) is 67.3 Å². The highest BCUT2D eigenvalue weighted by molar-refractivity contribution is 7.89. The number of benzene rings is 1. The highest BCUT2D eigenvalue weighted by Gasteiger charge is 2.56. The summed E-state index contributed by atoms with van der Waals surface area (Å²) in [5.41, 5.74) is 6.96. The van der Waals surface area contributed by atoms with Crippen LogP contribution >= 0.6 is 0 Å². The van der Waals surface area contributed by atoms with Gasteiger partial charge in [-0.2, -0.15) is 5.26 Å². The molecule has 1 aliphatic carbocycles. The Hall–Kier alpha value is -2.52. The molecule has 11 heteroatoms. The Morgan fingerprint density at radius 3 is 2.73 bits per heavy atom. The number of nitrogens with zero attached hydrogens (tertiary/aromatic N) is 4. The second-order valence-corrected chi connectivity index (χ2v) is 11.3. The van der Waals surface area contributed by atoms with Gasteiger partial charge >= 0.3 is 0 Å². The molecule has 2 bridgehead atoms. The summed E-state index contributed by atoms with van der Waals surface area (Å²) in [5, 5.41) is 14.6. The number of carbonyl (C=O) groups excluding carboxylic acids is 2. The van der Waals surface area contributed by atoms with Crippen molar-refractivity contribution in [2.24, 2.45) is 16.8 Å². The molecule has 4 N–H and O–H groups in total. The fraction of sp³-hybridized carbons (Fsp3) is 0.591. The maximum Gasteiger partial charge on any atom is 0.242 e. The van der Waals surface area contributed by atoms with Crippen molar-refractivity contribution in [1.82, 2.24) is 14.7 Å². The minimum Gasteiger partial charge on any atom is -0.330 e. The Morgan fingerprint density at radius 2 is 2.06 bits per heavy atom. The summed E-state index contributed by atoms with van der Waals surface area (Å²) in [5.74, 6) is 0.183. The number of nitriles is 1. The van der Waals surface area contributed by atoms with Crippen LogP contribution < -0.4 is 10.9 Å². The molecule has 33 heavy (non-hydrogen) atoms. The SMILES string of the molecule is C[C@@H](c1cccc(S(N)(=O)=O)c1)N1C(=O)[C@H]2C[C@@H]1CN2C[C@H](N)C(=O)N1C2C[C@H]2C[C@H]1C#N. The molecule has 1 unspecified atom stereocenters. The smallest absolute Gasteiger partial charge is 0.242 e. The van der Waals surface area contributed by atoms with Crippen LogP contribution in [0.4, 0.5) is 0 Å². The lowest BCUT2D eigenvalue weighted by Crippen LogP contribution is -2.57. The number of hydrogen-bond acceptors (Lipinski definition) is 7. The molecule has 3 saturated heterocycles. The number of nitrogens with two attached hydrogens (primary N) is 2. The topological polar surface area (TPSA) is 154 Å². The van der Waals surface area contributed by atoms with Gasteiger partial charge in [0, 0.05) is 25.2 Å². The lowest BCUT2D eigenvalue weighted by molar-refractivity contribution is -0.141. The number of likely N-dealkylation sites (tertiary alicyclic amines) is 3. The molecule has 3 aliphatic heterocycles. The summed E-state index contributed by atoms with van der Waals surface area (Å²) in [4.78, 5) is 31.6. The number of rotatable bonds is 6. The van der Waals surface area contributed by atoms with Crippen LogP contribution in [0.25, 0.3) is 0 Å². The van der Waals surface area contributed by atoms with Crippen LogP contribution in [0.3, 0.4) is 0 Å². The molecule has 0 spiro atoms. The second-order valence-electron chi connectivity index (χ2n) is 9.69. The van der Waals surface area contributed by atoms with Crippen molar-refractivity contribution < 1.29 is 18.0 Å². The number of piperidine rings is 1. The monoisotopic (exact) mass is 472 g/mol.